The lowest BCUT2D eigenvalue weighted by Crippen LogP contribution is -1.94. The molecule has 2 aromatic carbocycles. The van der Waals surface area contributed by atoms with Crippen molar-refractivity contribution in [3.63, 3.8) is 0 Å². The lowest BCUT2D eigenvalue weighted by atomic mass is 10.1. The molecule has 0 N–H and O–H groups in total. The maximum atomic E-state index is 12.0. The summed E-state index contributed by atoms with van der Waals surface area (Å²) in [5.74, 6) is 0.747. The highest BCUT2D eigenvalue weighted by atomic mass is 127. The van der Waals surface area contributed by atoms with E-state index in [2.05, 4.69) is 22.6 Å². The lowest BCUT2D eigenvalue weighted by molar-refractivity contribution is 0.104. The van der Waals surface area contributed by atoms with Gasteiger partial charge in [0.05, 0.1) is 7.11 Å². The Kier molecular flexibility index (Phi) is 4.74. The van der Waals surface area contributed by atoms with Gasteiger partial charge in [0.25, 0.3) is 0 Å². The molecule has 0 radical (unpaired) electrons. The molecule has 3 heteroatoms. The van der Waals surface area contributed by atoms with Gasteiger partial charge >= 0.3 is 0 Å². The van der Waals surface area contributed by atoms with Crippen LogP contribution in [0, 0.1) is 3.57 Å². The molecule has 0 amide bonds. The van der Waals surface area contributed by atoms with E-state index in [0.29, 0.717) is 5.56 Å². The summed E-state index contributed by atoms with van der Waals surface area (Å²) < 4.78 is 6.35. The molecule has 0 fully saturated rings. The minimum atomic E-state index is -0.0118. The van der Waals surface area contributed by atoms with Crippen LogP contribution in [0.15, 0.2) is 54.6 Å². The molecule has 0 aliphatic heterocycles. The number of carbonyl (C=O) groups excluding carboxylic acids is 1. The van der Waals surface area contributed by atoms with E-state index in [4.69, 9.17) is 4.74 Å². The SMILES string of the molecule is COc1ccccc1/C=C/C(=O)c1ccc(I)cc1. The van der Waals surface area contributed by atoms with Gasteiger partial charge in [-0.25, -0.2) is 0 Å². The zero-order valence-corrected chi connectivity index (χ0v) is 12.6. The number of ether oxygens (including phenoxy) is 1. The number of hydrogen-bond acceptors (Lipinski definition) is 2. The summed E-state index contributed by atoms with van der Waals surface area (Å²) in [5, 5.41) is 0. The van der Waals surface area contributed by atoms with E-state index in [9.17, 15) is 4.79 Å². The molecule has 2 rings (SSSR count). The van der Waals surface area contributed by atoms with E-state index in [0.717, 1.165) is 14.9 Å². The molecular formula is C16H13IO2. The Bertz CT molecular complexity index is 600. The van der Waals surface area contributed by atoms with Crippen molar-refractivity contribution in [2.45, 2.75) is 0 Å². The molecule has 0 spiro atoms. The van der Waals surface area contributed by atoms with Crippen LogP contribution < -0.4 is 4.74 Å². The smallest absolute Gasteiger partial charge is 0.185 e. The van der Waals surface area contributed by atoms with Gasteiger partial charge in [-0.3, -0.25) is 4.79 Å². The molecule has 2 aromatic rings. The molecule has 0 heterocycles. The van der Waals surface area contributed by atoms with Crippen molar-refractivity contribution in [3.8, 4) is 5.75 Å². The summed E-state index contributed by atoms with van der Waals surface area (Å²) in [4.78, 5) is 12.0. The summed E-state index contributed by atoms with van der Waals surface area (Å²) in [6.07, 6.45) is 3.35. The monoisotopic (exact) mass is 364 g/mol. The maximum Gasteiger partial charge on any atom is 0.185 e. The Morgan fingerprint density at radius 3 is 2.47 bits per heavy atom. The molecule has 0 aromatic heterocycles. The third kappa shape index (κ3) is 3.67. The summed E-state index contributed by atoms with van der Waals surface area (Å²) >= 11 is 2.21. The van der Waals surface area contributed by atoms with Crippen molar-refractivity contribution in [2.75, 3.05) is 7.11 Å². The normalized spacial score (nSPS) is 10.6. The van der Waals surface area contributed by atoms with E-state index in [1.807, 2.05) is 48.5 Å². The Labute approximate surface area is 126 Å². The number of ketones is 1. The molecule has 96 valence electrons. The van der Waals surface area contributed by atoms with E-state index >= 15 is 0 Å². The molecule has 0 bridgehead atoms. The van der Waals surface area contributed by atoms with Crippen LogP contribution in [0.4, 0.5) is 0 Å². The number of halogens is 1. The van der Waals surface area contributed by atoms with E-state index < -0.39 is 0 Å². The molecule has 0 aliphatic rings. The molecule has 0 aliphatic carbocycles. The Balaban J connectivity index is 2.18. The summed E-state index contributed by atoms with van der Waals surface area (Å²) in [7, 11) is 1.62. The van der Waals surface area contributed by atoms with E-state index in [1.54, 1.807) is 19.3 Å². The molecule has 0 saturated carbocycles. The van der Waals surface area contributed by atoms with Crippen molar-refractivity contribution in [1.82, 2.24) is 0 Å². The van der Waals surface area contributed by atoms with Crippen molar-refractivity contribution in [2.24, 2.45) is 0 Å². The largest absolute Gasteiger partial charge is 0.496 e. The second-order valence-electron chi connectivity index (χ2n) is 3.95. The number of benzene rings is 2. The summed E-state index contributed by atoms with van der Waals surface area (Å²) in [5.41, 5.74) is 1.58. The van der Waals surface area contributed by atoms with Crippen molar-refractivity contribution in [3.05, 3.63) is 69.3 Å². The molecule has 2 nitrogen and oxygen atoms in total. The fraction of sp³-hybridized carbons (Fsp3) is 0.0625. The van der Waals surface area contributed by atoms with Gasteiger partial charge in [-0.2, -0.15) is 0 Å². The molecule has 0 unspecified atom stereocenters. The van der Waals surface area contributed by atoms with E-state index in [1.165, 1.54) is 0 Å². The van der Waals surface area contributed by atoms with Crippen molar-refractivity contribution in [1.29, 1.82) is 0 Å². The minimum absolute atomic E-state index is 0.0118. The quantitative estimate of drug-likeness (QED) is 0.462. The number of allylic oxidation sites excluding steroid dienone is 1. The van der Waals surface area contributed by atoms with Gasteiger partial charge in [-0.05, 0) is 52.9 Å². The van der Waals surface area contributed by atoms with Gasteiger partial charge in [0, 0.05) is 14.7 Å². The predicted octanol–water partition coefficient (Wildman–Crippen LogP) is 4.20. The Morgan fingerprint density at radius 2 is 1.79 bits per heavy atom. The molecule has 19 heavy (non-hydrogen) atoms. The first-order chi connectivity index (χ1) is 9.20. The Hall–Kier alpha value is -1.62. The van der Waals surface area contributed by atoms with Crippen LogP contribution in [0.1, 0.15) is 15.9 Å². The number of methoxy groups -OCH3 is 1. The van der Waals surface area contributed by atoms with Gasteiger partial charge in [0.15, 0.2) is 5.78 Å². The number of rotatable bonds is 4. The summed E-state index contributed by atoms with van der Waals surface area (Å²) in [6.45, 7) is 0. The molecule has 0 saturated heterocycles. The van der Waals surface area contributed by atoms with Crippen molar-refractivity contribution >= 4 is 34.5 Å². The standard InChI is InChI=1S/C16H13IO2/c1-19-16-5-3-2-4-13(16)8-11-15(18)12-6-9-14(17)10-7-12/h2-11H,1H3/b11-8+. The fourth-order valence-electron chi connectivity index (χ4n) is 1.68. The second-order valence-corrected chi connectivity index (χ2v) is 5.19. The van der Waals surface area contributed by atoms with Gasteiger partial charge < -0.3 is 4.74 Å². The first-order valence-corrected chi connectivity index (χ1v) is 6.89. The number of carbonyl (C=O) groups is 1. The minimum Gasteiger partial charge on any atom is -0.496 e. The van der Waals surface area contributed by atoms with Gasteiger partial charge in [-0.15, -0.1) is 0 Å². The average Bonchev–Trinajstić information content (AvgIpc) is 2.45. The third-order valence-corrected chi connectivity index (χ3v) is 3.40. The van der Waals surface area contributed by atoms with Crippen LogP contribution in [0.2, 0.25) is 0 Å². The lowest BCUT2D eigenvalue weighted by Gasteiger charge is -2.03. The van der Waals surface area contributed by atoms with Gasteiger partial charge in [0.1, 0.15) is 5.75 Å². The Morgan fingerprint density at radius 1 is 1.11 bits per heavy atom. The topological polar surface area (TPSA) is 26.3 Å². The predicted molar refractivity (Wildman–Crippen MR) is 85.5 cm³/mol. The number of para-hydroxylation sites is 1. The highest BCUT2D eigenvalue weighted by Crippen LogP contribution is 2.19. The molecular weight excluding hydrogens is 351 g/mol. The first kappa shape index (κ1) is 13.8. The van der Waals surface area contributed by atoms with Crippen LogP contribution in [-0.4, -0.2) is 12.9 Å². The third-order valence-electron chi connectivity index (χ3n) is 2.68. The van der Waals surface area contributed by atoms with Crippen LogP contribution >= 0.6 is 22.6 Å². The van der Waals surface area contributed by atoms with E-state index in [-0.39, 0.29) is 5.78 Å². The average molecular weight is 364 g/mol. The zero-order chi connectivity index (χ0) is 13.7. The highest BCUT2D eigenvalue weighted by molar-refractivity contribution is 14.1. The van der Waals surface area contributed by atoms with Crippen molar-refractivity contribution < 1.29 is 9.53 Å². The molecule has 0 atom stereocenters. The number of hydrogen-bond donors (Lipinski definition) is 0. The second kappa shape index (κ2) is 6.52. The van der Waals surface area contributed by atoms with Crippen LogP contribution in [0.25, 0.3) is 6.08 Å². The van der Waals surface area contributed by atoms with Gasteiger partial charge in [0.2, 0.25) is 0 Å². The highest BCUT2D eigenvalue weighted by Gasteiger charge is 2.02. The van der Waals surface area contributed by atoms with Crippen LogP contribution in [0.5, 0.6) is 5.75 Å². The first-order valence-electron chi connectivity index (χ1n) is 5.81. The van der Waals surface area contributed by atoms with Gasteiger partial charge in [-0.1, -0.05) is 30.3 Å². The summed E-state index contributed by atoms with van der Waals surface area (Å²) in [6, 6.07) is 15.1. The van der Waals surface area contributed by atoms with Crippen LogP contribution in [-0.2, 0) is 0 Å². The zero-order valence-electron chi connectivity index (χ0n) is 10.5. The van der Waals surface area contributed by atoms with Crippen LogP contribution in [0.3, 0.4) is 0 Å². The maximum absolute atomic E-state index is 12.0. The fourth-order valence-corrected chi connectivity index (χ4v) is 2.04.